The van der Waals surface area contributed by atoms with E-state index in [1.807, 2.05) is 31.2 Å². The van der Waals surface area contributed by atoms with E-state index >= 15 is 0 Å². The number of benzene rings is 1. The lowest BCUT2D eigenvalue weighted by Gasteiger charge is -2.21. The van der Waals surface area contributed by atoms with Gasteiger partial charge in [-0.3, -0.25) is 4.79 Å². The van der Waals surface area contributed by atoms with Gasteiger partial charge < -0.3 is 15.2 Å². The van der Waals surface area contributed by atoms with Gasteiger partial charge in [0.2, 0.25) is 0 Å². The molecule has 2 N–H and O–H groups in total. The zero-order chi connectivity index (χ0) is 13.7. The zero-order valence-electron chi connectivity index (χ0n) is 10.9. The molecular weight excluding hydrogens is 242 g/mol. The maximum absolute atomic E-state index is 12.2. The van der Waals surface area contributed by atoms with Gasteiger partial charge in [0, 0.05) is 24.8 Å². The van der Waals surface area contributed by atoms with Gasteiger partial charge in [0.15, 0.2) is 5.69 Å². The van der Waals surface area contributed by atoms with Gasteiger partial charge in [-0.1, -0.05) is 24.2 Å². The second-order valence-electron chi connectivity index (χ2n) is 4.35. The van der Waals surface area contributed by atoms with E-state index in [-0.39, 0.29) is 5.91 Å². The van der Waals surface area contributed by atoms with Crippen molar-refractivity contribution in [2.75, 3.05) is 12.3 Å². The number of hydrogen-bond acceptors (Lipinski definition) is 4. The lowest BCUT2D eigenvalue weighted by atomic mass is 10.2. The summed E-state index contributed by atoms with van der Waals surface area (Å²) < 4.78 is 4.72. The van der Waals surface area contributed by atoms with Crippen molar-refractivity contribution in [2.45, 2.75) is 19.9 Å². The van der Waals surface area contributed by atoms with Crippen LogP contribution in [0.5, 0.6) is 0 Å². The minimum absolute atomic E-state index is 0.118. The second-order valence-corrected chi connectivity index (χ2v) is 4.35. The first-order valence-electron chi connectivity index (χ1n) is 6.24. The van der Waals surface area contributed by atoms with E-state index in [4.69, 9.17) is 10.3 Å². The summed E-state index contributed by atoms with van der Waals surface area (Å²) in [6.07, 6.45) is 2.29. The van der Waals surface area contributed by atoms with Crippen LogP contribution in [-0.4, -0.2) is 22.5 Å². The van der Waals surface area contributed by atoms with Crippen LogP contribution in [0.2, 0.25) is 0 Å². The number of amides is 1. The van der Waals surface area contributed by atoms with E-state index in [1.165, 1.54) is 6.26 Å². The highest BCUT2D eigenvalue weighted by atomic mass is 16.5. The number of carbonyl (C=O) groups excluding carboxylic acids is 1. The number of rotatable bonds is 5. The molecule has 0 aliphatic rings. The van der Waals surface area contributed by atoms with E-state index in [9.17, 15) is 4.79 Å². The Labute approximate surface area is 112 Å². The topological polar surface area (TPSA) is 72.4 Å². The number of carbonyl (C=O) groups is 1. The minimum atomic E-state index is -0.118. The third kappa shape index (κ3) is 3.34. The number of nitrogens with zero attached hydrogens (tertiary/aromatic N) is 2. The molecule has 0 fully saturated rings. The van der Waals surface area contributed by atoms with Crippen molar-refractivity contribution in [1.29, 1.82) is 0 Å². The Bertz CT molecular complexity index is 520. The highest BCUT2D eigenvalue weighted by molar-refractivity contribution is 5.92. The van der Waals surface area contributed by atoms with Gasteiger partial charge in [0.1, 0.15) is 6.26 Å². The van der Waals surface area contributed by atoms with Gasteiger partial charge in [-0.15, -0.1) is 0 Å². The lowest BCUT2D eigenvalue weighted by Crippen LogP contribution is -2.31. The SMILES string of the molecule is CCCN(Cc1ccc(N)cc1)C(=O)c1ccon1. The molecule has 19 heavy (non-hydrogen) atoms. The zero-order valence-corrected chi connectivity index (χ0v) is 10.9. The Balaban J connectivity index is 2.11. The van der Waals surface area contributed by atoms with Crippen molar-refractivity contribution in [3.8, 4) is 0 Å². The van der Waals surface area contributed by atoms with Crippen LogP contribution in [0.4, 0.5) is 5.69 Å². The average Bonchev–Trinajstić information content (AvgIpc) is 2.94. The molecule has 0 radical (unpaired) electrons. The van der Waals surface area contributed by atoms with Crippen LogP contribution < -0.4 is 5.73 Å². The Kier molecular flexibility index (Phi) is 4.18. The largest absolute Gasteiger partial charge is 0.399 e. The van der Waals surface area contributed by atoms with Gasteiger partial charge in [-0.2, -0.15) is 0 Å². The molecule has 0 unspecified atom stereocenters. The third-order valence-corrected chi connectivity index (χ3v) is 2.79. The van der Waals surface area contributed by atoms with Gasteiger partial charge in [0.05, 0.1) is 0 Å². The number of hydrogen-bond donors (Lipinski definition) is 1. The monoisotopic (exact) mass is 259 g/mol. The molecule has 0 bridgehead atoms. The van der Waals surface area contributed by atoms with Crippen molar-refractivity contribution in [3.05, 3.63) is 47.9 Å². The average molecular weight is 259 g/mol. The fourth-order valence-corrected chi connectivity index (χ4v) is 1.85. The van der Waals surface area contributed by atoms with Crippen molar-refractivity contribution in [1.82, 2.24) is 10.1 Å². The molecule has 2 rings (SSSR count). The standard InChI is InChI=1S/C14H17N3O2/c1-2-8-17(14(18)13-7-9-19-16-13)10-11-3-5-12(15)6-4-11/h3-7,9H,2,8,10,15H2,1H3. The predicted octanol–water partition coefficient (Wildman–Crippen LogP) is 2.31. The van der Waals surface area contributed by atoms with Gasteiger partial charge >= 0.3 is 0 Å². The summed E-state index contributed by atoms with van der Waals surface area (Å²) in [5.41, 5.74) is 7.74. The Morgan fingerprint density at radius 2 is 2.05 bits per heavy atom. The first-order chi connectivity index (χ1) is 9.20. The van der Waals surface area contributed by atoms with Crippen LogP contribution in [0.25, 0.3) is 0 Å². The highest BCUT2D eigenvalue weighted by Gasteiger charge is 2.17. The van der Waals surface area contributed by atoms with Crippen LogP contribution in [0, 0.1) is 0 Å². The van der Waals surface area contributed by atoms with E-state index < -0.39 is 0 Å². The summed E-state index contributed by atoms with van der Waals surface area (Å²) in [6.45, 7) is 3.25. The molecule has 100 valence electrons. The molecule has 1 heterocycles. The van der Waals surface area contributed by atoms with E-state index in [2.05, 4.69) is 5.16 Å². The fraction of sp³-hybridized carbons (Fsp3) is 0.286. The molecule has 0 aliphatic carbocycles. The number of nitrogens with two attached hydrogens (primary N) is 1. The van der Waals surface area contributed by atoms with Crippen LogP contribution in [0.3, 0.4) is 0 Å². The summed E-state index contributed by atoms with van der Waals surface area (Å²) in [5.74, 6) is -0.118. The highest BCUT2D eigenvalue weighted by Crippen LogP contribution is 2.11. The molecule has 0 spiro atoms. The molecule has 2 aromatic rings. The first-order valence-corrected chi connectivity index (χ1v) is 6.24. The summed E-state index contributed by atoms with van der Waals surface area (Å²) in [6, 6.07) is 9.09. The molecule has 0 saturated carbocycles. The Morgan fingerprint density at radius 3 is 2.63 bits per heavy atom. The third-order valence-electron chi connectivity index (χ3n) is 2.79. The van der Waals surface area contributed by atoms with Gasteiger partial charge in [-0.05, 0) is 24.1 Å². The summed E-state index contributed by atoms with van der Waals surface area (Å²) in [7, 11) is 0. The lowest BCUT2D eigenvalue weighted by molar-refractivity contribution is 0.0732. The maximum Gasteiger partial charge on any atom is 0.276 e. The predicted molar refractivity (Wildman–Crippen MR) is 72.4 cm³/mol. The van der Waals surface area contributed by atoms with Gasteiger partial charge in [-0.25, -0.2) is 0 Å². The quantitative estimate of drug-likeness (QED) is 0.836. The molecule has 1 amide bonds. The normalized spacial score (nSPS) is 10.4. The van der Waals surface area contributed by atoms with Crippen molar-refractivity contribution >= 4 is 11.6 Å². The van der Waals surface area contributed by atoms with E-state index in [0.29, 0.717) is 24.5 Å². The molecule has 1 aromatic carbocycles. The van der Waals surface area contributed by atoms with Crippen molar-refractivity contribution in [2.24, 2.45) is 0 Å². The summed E-state index contributed by atoms with van der Waals surface area (Å²) in [5, 5.41) is 3.69. The summed E-state index contributed by atoms with van der Waals surface area (Å²) >= 11 is 0. The molecule has 0 aliphatic heterocycles. The van der Waals surface area contributed by atoms with Crippen LogP contribution in [0.1, 0.15) is 29.4 Å². The molecule has 0 saturated heterocycles. The van der Waals surface area contributed by atoms with Crippen LogP contribution >= 0.6 is 0 Å². The molecule has 0 atom stereocenters. The first kappa shape index (κ1) is 13.1. The maximum atomic E-state index is 12.2. The summed E-state index contributed by atoms with van der Waals surface area (Å²) in [4.78, 5) is 14.0. The van der Waals surface area contributed by atoms with Crippen LogP contribution in [-0.2, 0) is 6.54 Å². The molecular formula is C14H17N3O2. The Morgan fingerprint density at radius 1 is 1.32 bits per heavy atom. The Hall–Kier alpha value is -2.30. The molecule has 5 nitrogen and oxygen atoms in total. The van der Waals surface area contributed by atoms with E-state index in [0.717, 1.165) is 12.0 Å². The van der Waals surface area contributed by atoms with E-state index in [1.54, 1.807) is 11.0 Å². The smallest absolute Gasteiger partial charge is 0.276 e. The minimum Gasteiger partial charge on any atom is -0.399 e. The van der Waals surface area contributed by atoms with Crippen molar-refractivity contribution < 1.29 is 9.32 Å². The fourth-order valence-electron chi connectivity index (χ4n) is 1.85. The van der Waals surface area contributed by atoms with Crippen molar-refractivity contribution in [3.63, 3.8) is 0 Å². The number of anilines is 1. The van der Waals surface area contributed by atoms with Crippen LogP contribution in [0.15, 0.2) is 41.1 Å². The molecule has 5 heteroatoms. The molecule has 1 aromatic heterocycles. The number of aromatic nitrogens is 1. The van der Waals surface area contributed by atoms with Gasteiger partial charge in [0.25, 0.3) is 5.91 Å². The second kappa shape index (κ2) is 6.04. The number of nitrogen functional groups attached to an aromatic ring is 1.